The van der Waals surface area contributed by atoms with Crippen molar-refractivity contribution in [2.45, 2.75) is 27.2 Å². The van der Waals surface area contributed by atoms with E-state index < -0.39 is 5.92 Å². The van der Waals surface area contributed by atoms with Crippen molar-refractivity contribution in [3.05, 3.63) is 70.9 Å². The molecule has 0 spiro atoms. The summed E-state index contributed by atoms with van der Waals surface area (Å²) in [5.41, 5.74) is 4.66. The number of nitriles is 1. The van der Waals surface area contributed by atoms with Crippen LogP contribution in [0.25, 0.3) is 16.7 Å². The lowest BCUT2D eigenvalue weighted by Crippen LogP contribution is -2.29. The molecule has 1 fully saturated rings. The zero-order valence-corrected chi connectivity index (χ0v) is 21.1. The number of nitrogens with zero attached hydrogens (tertiary/aromatic N) is 5. The Morgan fingerprint density at radius 3 is 2.73 bits per heavy atom. The third-order valence-electron chi connectivity index (χ3n) is 6.70. The summed E-state index contributed by atoms with van der Waals surface area (Å²) < 4.78 is 6.90. The standard InChI is InChI=1S/C28H26N6O3/c1-16-8-9-23(37-4)22(10-16)33-15-19(12-25(33)35)28(36)32-27-20(13-29)14-30-34(27)24-11-18(3)21-7-5-6-17(2)26(21)31-24/h5-11,14,19H,12,15H2,1-4H3,(H,32,36). The van der Waals surface area contributed by atoms with Gasteiger partial charge in [0.1, 0.15) is 17.4 Å². The molecule has 2 aromatic carbocycles. The number of rotatable bonds is 5. The number of aryl methyl sites for hydroxylation is 3. The Bertz CT molecular complexity index is 1600. The molecule has 1 aliphatic rings. The first-order valence-electron chi connectivity index (χ1n) is 11.9. The van der Waals surface area contributed by atoms with Gasteiger partial charge < -0.3 is 15.0 Å². The number of hydrogen-bond donors (Lipinski definition) is 1. The van der Waals surface area contributed by atoms with Crippen LogP contribution in [0.2, 0.25) is 0 Å². The van der Waals surface area contributed by atoms with Crippen LogP contribution in [0.1, 0.15) is 28.7 Å². The summed E-state index contributed by atoms with van der Waals surface area (Å²) in [6.07, 6.45) is 1.45. The van der Waals surface area contributed by atoms with Crippen LogP contribution in [0.3, 0.4) is 0 Å². The molecule has 0 bridgehead atoms. The largest absolute Gasteiger partial charge is 0.495 e. The van der Waals surface area contributed by atoms with Gasteiger partial charge in [-0.2, -0.15) is 15.0 Å². The van der Waals surface area contributed by atoms with E-state index in [1.165, 1.54) is 10.9 Å². The first-order valence-corrected chi connectivity index (χ1v) is 11.9. The predicted octanol–water partition coefficient (Wildman–Crippen LogP) is 4.22. The number of benzene rings is 2. The van der Waals surface area contributed by atoms with Crippen LogP contribution in [0.5, 0.6) is 5.75 Å². The van der Waals surface area contributed by atoms with E-state index in [-0.39, 0.29) is 36.2 Å². The first kappa shape index (κ1) is 24.0. The summed E-state index contributed by atoms with van der Waals surface area (Å²) >= 11 is 0. The smallest absolute Gasteiger partial charge is 0.231 e. The van der Waals surface area contributed by atoms with E-state index in [9.17, 15) is 14.9 Å². The summed E-state index contributed by atoms with van der Waals surface area (Å²) in [6.45, 7) is 6.10. The van der Waals surface area contributed by atoms with Gasteiger partial charge in [0.15, 0.2) is 11.6 Å². The Morgan fingerprint density at radius 1 is 1.16 bits per heavy atom. The fourth-order valence-electron chi connectivity index (χ4n) is 4.72. The molecule has 3 heterocycles. The second-order valence-corrected chi connectivity index (χ2v) is 9.27. The minimum absolute atomic E-state index is 0.0471. The molecule has 1 unspecified atom stereocenters. The van der Waals surface area contributed by atoms with Gasteiger partial charge in [0, 0.05) is 18.4 Å². The molecular formula is C28H26N6O3. The average Bonchev–Trinajstić information content (AvgIpc) is 3.47. The molecule has 186 valence electrons. The third-order valence-corrected chi connectivity index (χ3v) is 6.70. The first-order chi connectivity index (χ1) is 17.8. The Labute approximate surface area is 214 Å². The van der Waals surface area contributed by atoms with Gasteiger partial charge in [-0.3, -0.25) is 9.59 Å². The van der Waals surface area contributed by atoms with E-state index in [4.69, 9.17) is 9.72 Å². The molecule has 2 aromatic heterocycles. The highest BCUT2D eigenvalue weighted by Crippen LogP contribution is 2.34. The summed E-state index contributed by atoms with van der Waals surface area (Å²) in [5.74, 6) is 0.143. The lowest BCUT2D eigenvalue weighted by molar-refractivity contribution is -0.122. The van der Waals surface area contributed by atoms with Gasteiger partial charge in [-0.15, -0.1) is 0 Å². The highest BCUT2D eigenvalue weighted by atomic mass is 16.5. The number of hydrogen-bond acceptors (Lipinski definition) is 6. The minimum atomic E-state index is -0.610. The number of anilines is 2. The molecular weight excluding hydrogens is 468 g/mol. The monoisotopic (exact) mass is 494 g/mol. The molecule has 0 saturated carbocycles. The van der Waals surface area contributed by atoms with Crippen LogP contribution in [0.4, 0.5) is 11.5 Å². The number of aromatic nitrogens is 3. The maximum absolute atomic E-state index is 13.3. The molecule has 1 atom stereocenters. The Kier molecular flexibility index (Phi) is 6.09. The van der Waals surface area contributed by atoms with Crippen LogP contribution in [0, 0.1) is 38.0 Å². The Hall–Kier alpha value is -4.71. The molecule has 9 nitrogen and oxygen atoms in total. The number of carbonyl (C=O) groups is 2. The number of nitrogens with one attached hydrogen (secondary N) is 1. The van der Waals surface area contributed by atoms with Gasteiger partial charge in [-0.1, -0.05) is 24.3 Å². The quantitative estimate of drug-likeness (QED) is 0.445. The number of para-hydroxylation sites is 1. The highest BCUT2D eigenvalue weighted by Gasteiger charge is 2.37. The fourth-order valence-corrected chi connectivity index (χ4v) is 4.72. The molecule has 1 aliphatic heterocycles. The SMILES string of the molecule is COc1ccc(C)cc1N1CC(C(=O)Nc2c(C#N)cnn2-c2cc(C)c3cccc(C)c3n2)CC1=O. The van der Waals surface area contributed by atoms with Gasteiger partial charge in [0.2, 0.25) is 11.8 Å². The number of ether oxygens (including phenoxy) is 1. The number of carbonyl (C=O) groups excluding carboxylic acids is 2. The van der Waals surface area contributed by atoms with Crippen molar-refractivity contribution < 1.29 is 14.3 Å². The lowest BCUT2D eigenvalue weighted by Gasteiger charge is -2.20. The van der Waals surface area contributed by atoms with Crippen LogP contribution in [0.15, 0.2) is 48.7 Å². The zero-order chi connectivity index (χ0) is 26.3. The summed E-state index contributed by atoms with van der Waals surface area (Å²) in [7, 11) is 1.55. The summed E-state index contributed by atoms with van der Waals surface area (Å²) in [6, 6.07) is 15.5. The van der Waals surface area contributed by atoms with Gasteiger partial charge in [0.25, 0.3) is 0 Å². The lowest BCUT2D eigenvalue weighted by atomic mass is 10.1. The van der Waals surface area contributed by atoms with Crippen molar-refractivity contribution >= 4 is 34.2 Å². The van der Waals surface area contributed by atoms with Gasteiger partial charge in [-0.05, 0) is 55.7 Å². The minimum Gasteiger partial charge on any atom is -0.495 e. The van der Waals surface area contributed by atoms with Crippen molar-refractivity contribution in [2.24, 2.45) is 5.92 Å². The number of pyridine rings is 1. The molecule has 1 saturated heterocycles. The van der Waals surface area contributed by atoms with Gasteiger partial charge >= 0.3 is 0 Å². The van der Waals surface area contributed by atoms with Crippen molar-refractivity contribution in [1.82, 2.24) is 14.8 Å². The number of methoxy groups -OCH3 is 1. The van der Waals surface area contributed by atoms with Crippen LogP contribution < -0.4 is 15.0 Å². The Morgan fingerprint density at radius 2 is 1.97 bits per heavy atom. The third kappa shape index (κ3) is 4.27. The van der Waals surface area contributed by atoms with Gasteiger partial charge in [0.05, 0.1) is 30.4 Å². The molecule has 0 radical (unpaired) electrons. The van der Waals surface area contributed by atoms with Crippen LogP contribution in [-0.2, 0) is 9.59 Å². The van der Waals surface area contributed by atoms with Crippen molar-refractivity contribution in [2.75, 3.05) is 23.9 Å². The molecule has 5 rings (SSSR count). The molecule has 1 N–H and O–H groups in total. The van der Waals surface area contributed by atoms with Crippen molar-refractivity contribution in [3.8, 4) is 17.6 Å². The van der Waals surface area contributed by atoms with Crippen LogP contribution >= 0.6 is 0 Å². The van der Waals surface area contributed by atoms with E-state index in [0.29, 0.717) is 17.3 Å². The van der Waals surface area contributed by atoms with Crippen molar-refractivity contribution in [1.29, 1.82) is 5.26 Å². The zero-order valence-electron chi connectivity index (χ0n) is 21.1. The maximum Gasteiger partial charge on any atom is 0.231 e. The molecule has 0 aliphatic carbocycles. The van der Waals surface area contributed by atoms with E-state index in [0.717, 1.165) is 27.6 Å². The van der Waals surface area contributed by atoms with E-state index in [1.54, 1.807) is 12.0 Å². The highest BCUT2D eigenvalue weighted by molar-refractivity contribution is 6.04. The second kappa shape index (κ2) is 9.39. The predicted molar refractivity (Wildman–Crippen MR) is 140 cm³/mol. The molecule has 37 heavy (non-hydrogen) atoms. The van der Waals surface area contributed by atoms with E-state index >= 15 is 0 Å². The molecule has 2 amide bonds. The summed E-state index contributed by atoms with van der Waals surface area (Å²) in [5, 5.41) is 17.9. The van der Waals surface area contributed by atoms with Crippen molar-refractivity contribution in [3.63, 3.8) is 0 Å². The topological polar surface area (TPSA) is 113 Å². The number of amides is 2. The Balaban J connectivity index is 1.45. The van der Waals surface area contributed by atoms with E-state index in [2.05, 4.69) is 16.5 Å². The number of fused-ring (bicyclic) bond motifs is 1. The second-order valence-electron chi connectivity index (χ2n) is 9.27. The molecule has 9 heteroatoms. The van der Waals surface area contributed by atoms with Gasteiger partial charge in [-0.25, -0.2) is 4.98 Å². The maximum atomic E-state index is 13.3. The average molecular weight is 495 g/mol. The van der Waals surface area contributed by atoms with E-state index in [1.807, 2.05) is 63.2 Å². The normalized spacial score (nSPS) is 15.2. The fraction of sp³-hybridized carbons (Fsp3) is 0.250. The molecule has 4 aromatic rings. The summed E-state index contributed by atoms with van der Waals surface area (Å²) in [4.78, 5) is 32.6. The van der Waals surface area contributed by atoms with Crippen LogP contribution in [-0.4, -0.2) is 40.2 Å².